The van der Waals surface area contributed by atoms with Crippen LogP contribution in [0.4, 0.5) is 0 Å². The Morgan fingerprint density at radius 1 is 1.21 bits per heavy atom. The van der Waals surface area contributed by atoms with E-state index >= 15 is 0 Å². The summed E-state index contributed by atoms with van der Waals surface area (Å²) in [5.41, 5.74) is 8.27. The van der Waals surface area contributed by atoms with Crippen LogP contribution < -0.4 is 11.1 Å². The van der Waals surface area contributed by atoms with Crippen molar-refractivity contribution >= 4 is 21.6 Å². The highest BCUT2D eigenvalue weighted by Crippen LogP contribution is 2.33. The molecule has 3 N–H and O–H groups in total. The number of aryl methyl sites for hydroxylation is 1. The van der Waals surface area contributed by atoms with E-state index in [-0.39, 0.29) is 17.0 Å². The zero-order chi connectivity index (χ0) is 23.3. The van der Waals surface area contributed by atoms with Gasteiger partial charge in [-0.05, 0) is 81.1 Å². The molecule has 2 aromatic rings. The van der Waals surface area contributed by atoms with Gasteiger partial charge in [-0.1, -0.05) is 17.7 Å². The highest BCUT2D eigenvalue weighted by Gasteiger charge is 2.33. The molecule has 33 heavy (non-hydrogen) atoms. The minimum Gasteiger partial charge on any atom is -0.330 e. The van der Waals surface area contributed by atoms with Crippen LogP contribution >= 0.6 is 11.6 Å². The zero-order valence-electron chi connectivity index (χ0n) is 19.0. The monoisotopic (exact) mass is 491 g/mol. The number of hydrogen-bond acceptors (Lipinski definition) is 6. The maximum atomic E-state index is 13.2. The molecule has 1 fully saturated rings. The Balaban J connectivity index is 1.50. The van der Waals surface area contributed by atoms with E-state index in [4.69, 9.17) is 22.3 Å². The van der Waals surface area contributed by atoms with Gasteiger partial charge in [-0.2, -0.15) is 4.31 Å². The van der Waals surface area contributed by atoms with Crippen LogP contribution in [0.2, 0.25) is 5.02 Å². The number of pyridine rings is 1. The van der Waals surface area contributed by atoms with Gasteiger partial charge < -0.3 is 11.1 Å². The van der Waals surface area contributed by atoms with E-state index in [0.29, 0.717) is 31.2 Å². The third-order valence-corrected chi connectivity index (χ3v) is 8.76. The lowest BCUT2D eigenvalue weighted by Crippen LogP contribution is -2.56. The summed E-state index contributed by atoms with van der Waals surface area (Å²) in [5.74, 6) is 0. The minimum atomic E-state index is -3.55. The van der Waals surface area contributed by atoms with Gasteiger partial charge in [0.05, 0.1) is 16.6 Å². The Bertz CT molecular complexity index is 1020. The van der Waals surface area contributed by atoms with Crippen LogP contribution in [0.25, 0.3) is 0 Å². The summed E-state index contributed by atoms with van der Waals surface area (Å²) in [6.07, 6.45) is 7.18. The fourth-order valence-electron chi connectivity index (χ4n) is 4.95. The van der Waals surface area contributed by atoms with Crippen LogP contribution in [0.15, 0.2) is 47.5 Å². The number of unbranched alkanes of at least 4 members (excludes halogenated alkanes) is 1. The lowest BCUT2D eigenvalue weighted by Gasteiger charge is -2.40. The summed E-state index contributed by atoms with van der Waals surface area (Å²) in [4.78, 5) is 7.53. The summed E-state index contributed by atoms with van der Waals surface area (Å²) in [6.45, 7) is 3.93. The van der Waals surface area contributed by atoms with Crippen molar-refractivity contribution in [2.75, 3.05) is 39.3 Å². The van der Waals surface area contributed by atoms with E-state index in [0.717, 1.165) is 45.2 Å². The van der Waals surface area contributed by atoms with Gasteiger partial charge in [0, 0.05) is 43.4 Å². The van der Waals surface area contributed by atoms with Crippen molar-refractivity contribution in [3.63, 3.8) is 0 Å². The average molecular weight is 492 g/mol. The van der Waals surface area contributed by atoms with Gasteiger partial charge in [0.25, 0.3) is 0 Å². The predicted octanol–water partition coefficient (Wildman–Crippen LogP) is 2.82. The minimum absolute atomic E-state index is 0.0489. The quantitative estimate of drug-likeness (QED) is 0.524. The molecule has 2 atom stereocenters. The lowest BCUT2D eigenvalue weighted by atomic mass is 9.90. The molecule has 4 rings (SSSR count). The average Bonchev–Trinajstić information content (AvgIpc) is 2.84. The largest absolute Gasteiger partial charge is 0.330 e. The molecule has 0 radical (unpaired) electrons. The summed E-state index contributed by atoms with van der Waals surface area (Å²) in [6, 6.07) is 10.9. The highest BCUT2D eigenvalue weighted by atomic mass is 35.5. The Hall–Kier alpha value is -1.55. The number of nitrogens with zero attached hydrogens (tertiary/aromatic N) is 3. The number of nitrogens with two attached hydrogens (primary N) is 1. The maximum Gasteiger partial charge on any atom is 0.243 e. The Morgan fingerprint density at radius 2 is 2.03 bits per heavy atom. The molecule has 1 aliphatic heterocycles. The van der Waals surface area contributed by atoms with Gasteiger partial charge in [0.2, 0.25) is 10.0 Å². The summed E-state index contributed by atoms with van der Waals surface area (Å²) < 4.78 is 28.0. The molecule has 0 saturated carbocycles. The third-order valence-electron chi connectivity index (χ3n) is 6.63. The first kappa shape index (κ1) is 24.6. The predicted molar refractivity (Wildman–Crippen MR) is 132 cm³/mol. The first-order valence-electron chi connectivity index (χ1n) is 11.9. The van der Waals surface area contributed by atoms with E-state index in [1.165, 1.54) is 11.3 Å². The number of benzene rings is 1. The number of fused-ring (bicyclic) bond motifs is 1. The summed E-state index contributed by atoms with van der Waals surface area (Å²) in [5, 5.41) is 4.08. The van der Waals surface area contributed by atoms with E-state index < -0.39 is 10.0 Å². The summed E-state index contributed by atoms with van der Waals surface area (Å²) in [7, 11) is -3.55. The van der Waals surface area contributed by atoms with Crippen molar-refractivity contribution in [1.29, 1.82) is 0 Å². The number of aromatic nitrogens is 1. The number of sulfonamides is 1. The number of piperazine rings is 1. The van der Waals surface area contributed by atoms with E-state index in [9.17, 15) is 8.42 Å². The van der Waals surface area contributed by atoms with Crippen LogP contribution in [0, 0.1) is 0 Å². The molecule has 1 aromatic carbocycles. The molecular formula is C24H34ClN5O2S. The molecule has 0 amide bonds. The fraction of sp³-hybridized carbons (Fsp3) is 0.542. The second-order valence-corrected chi connectivity index (χ2v) is 11.3. The maximum absolute atomic E-state index is 13.2. The molecule has 1 aromatic heterocycles. The highest BCUT2D eigenvalue weighted by molar-refractivity contribution is 7.89. The lowest BCUT2D eigenvalue weighted by molar-refractivity contribution is 0.138. The van der Waals surface area contributed by atoms with Crippen LogP contribution in [0.3, 0.4) is 0 Å². The SMILES string of the molecule is NCCCCN(C[C@H]1CN(S(=O)(=O)c2ccc(Cl)cc2)CCN1)[C@H]1CCCc2cccnc21. The molecule has 2 heterocycles. The second kappa shape index (κ2) is 11.3. The van der Waals surface area contributed by atoms with Gasteiger partial charge in [-0.3, -0.25) is 9.88 Å². The molecule has 0 spiro atoms. The van der Waals surface area contributed by atoms with E-state index in [1.54, 1.807) is 28.6 Å². The van der Waals surface area contributed by atoms with Gasteiger partial charge in [-0.25, -0.2) is 8.42 Å². The third kappa shape index (κ3) is 5.93. The molecule has 7 nitrogen and oxygen atoms in total. The van der Waals surface area contributed by atoms with E-state index in [1.807, 2.05) is 12.3 Å². The van der Waals surface area contributed by atoms with Gasteiger partial charge in [0.15, 0.2) is 0 Å². The van der Waals surface area contributed by atoms with Crippen LogP contribution in [-0.2, 0) is 16.4 Å². The molecule has 1 saturated heterocycles. The van der Waals surface area contributed by atoms with Gasteiger partial charge in [0.1, 0.15) is 0 Å². The first-order chi connectivity index (χ1) is 16.0. The molecule has 0 unspecified atom stereocenters. The van der Waals surface area contributed by atoms with Crippen molar-refractivity contribution in [3.8, 4) is 0 Å². The topological polar surface area (TPSA) is 91.6 Å². The molecule has 0 bridgehead atoms. The smallest absolute Gasteiger partial charge is 0.243 e. The Labute approximate surface area is 202 Å². The molecule has 9 heteroatoms. The second-order valence-electron chi connectivity index (χ2n) is 8.91. The fourth-order valence-corrected chi connectivity index (χ4v) is 6.56. The number of halogens is 1. The van der Waals surface area contributed by atoms with Gasteiger partial charge in [-0.15, -0.1) is 0 Å². The number of hydrogen-bond donors (Lipinski definition) is 2. The number of nitrogens with one attached hydrogen (secondary N) is 1. The Kier molecular flexibility index (Phi) is 8.38. The van der Waals surface area contributed by atoms with Crippen molar-refractivity contribution in [3.05, 3.63) is 58.9 Å². The van der Waals surface area contributed by atoms with Crippen LogP contribution in [0.5, 0.6) is 0 Å². The summed E-state index contributed by atoms with van der Waals surface area (Å²) >= 11 is 5.95. The molecule has 2 aliphatic rings. The molecule has 180 valence electrons. The van der Waals surface area contributed by atoms with E-state index in [2.05, 4.69) is 16.3 Å². The normalized spacial score (nSPS) is 21.8. The molecule has 1 aliphatic carbocycles. The Morgan fingerprint density at radius 3 is 2.82 bits per heavy atom. The zero-order valence-corrected chi connectivity index (χ0v) is 20.6. The van der Waals surface area contributed by atoms with Crippen molar-refractivity contribution in [2.24, 2.45) is 5.73 Å². The standard InChI is InChI=1S/C24H34ClN5O2S/c25-20-8-10-22(11-9-20)33(31,32)30-16-14-27-21(18-30)17-29(15-2-1-12-26)23-7-3-5-19-6-4-13-28-24(19)23/h4,6,8-11,13,21,23,27H,1-3,5,7,12,14-18,26H2/t21-,23-/m0/s1. The van der Waals surface area contributed by atoms with Crippen LogP contribution in [0.1, 0.15) is 43.0 Å². The van der Waals surface area contributed by atoms with Crippen molar-refractivity contribution < 1.29 is 8.42 Å². The molecular weight excluding hydrogens is 458 g/mol. The van der Waals surface area contributed by atoms with Gasteiger partial charge >= 0.3 is 0 Å². The van der Waals surface area contributed by atoms with Crippen molar-refractivity contribution in [1.82, 2.24) is 19.5 Å². The number of rotatable bonds is 9. The first-order valence-corrected chi connectivity index (χ1v) is 13.7. The van der Waals surface area contributed by atoms with Crippen LogP contribution in [-0.4, -0.2) is 67.9 Å². The van der Waals surface area contributed by atoms with Crippen molar-refractivity contribution in [2.45, 2.75) is 49.1 Å².